The Morgan fingerprint density at radius 2 is 2.22 bits per heavy atom. The number of nitrogens with two attached hydrogens (primary N) is 1. The monoisotopic (exact) mass is 331 g/mol. The molecule has 100 valence electrons. The van der Waals surface area contributed by atoms with Crippen LogP contribution in [0.2, 0.25) is 0 Å². The van der Waals surface area contributed by atoms with E-state index < -0.39 is 16.3 Å². The molecule has 0 aromatic heterocycles. The molecule has 0 saturated carbocycles. The van der Waals surface area contributed by atoms with Crippen LogP contribution in [0, 0.1) is 0 Å². The second-order valence-corrected chi connectivity index (χ2v) is 7.74. The molecule has 2 N–H and O–H groups in total. The van der Waals surface area contributed by atoms with Gasteiger partial charge in [0.15, 0.2) is 0 Å². The lowest BCUT2D eigenvalue weighted by molar-refractivity contribution is 0.354. The van der Waals surface area contributed by atoms with Crippen LogP contribution in [-0.2, 0) is 23.0 Å². The van der Waals surface area contributed by atoms with E-state index in [1.165, 1.54) is 5.56 Å². The van der Waals surface area contributed by atoms with E-state index in [4.69, 9.17) is 10.5 Å². The first-order valence-corrected chi connectivity index (χ1v) is 8.21. The van der Waals surface area contributed by atoms with Crippen LogP contribution in [0.3, 0.4) is 0 Å². The molecule has 1 atom stereocenters. The van der Waals surface area contributed by atoms with E-state index in [9.17, 15) is 4.21 Å². The number of hydrogen-bond acceptors (Lipinski definition) is 3. The number of halogens is 1. The molecule has 0 fully saturated rings. The van der Waals surface area contributed by atoms with Crippen molar-refractivity contribution < 1.29 is 8.95 Å². The maximum Gasteiger partial charge on any atom is 0.126 e. The summed E-state index contributed by atoms with van der Waals surface area (Å²) in [6.45, 7) is 4.51. The molecule has 1 aliphatic heterocycles. The standard InChI is InChI=1S/C13H18BrNO2S/c1-13(2,15)8-18(16)7-10-6-11(14)5-9-3-4-17-12(9)10/h5-6H,3-4,7-8,15H2,1-2H3. The van der Waals surface area contributed by atoms with Crippen LogP contribution >= 0.6 is 15.9 Å². The third-order valence-electron chi connectivity index (χ3n) is 2.67. The van der Waals surface area contributed by atoms with Crippen LogP contribution in [0.5, 0.6) is 5.75 Å². The Balaban J connectivity index is 2.17. The van der Waals surface area contributed by atoms with Crippen LogP contribution < -0.4 is 10.5 Å². The maximum absolute atomic E-state index is 12.1. The van der Waals surface area contributed by atoms with E-state index in [2.05, 4.69) is 22.0 Å². The zero-order valence-corrected chi connectivity index (χ0v) is 13.1. The fraction of sp³-hybridized carbons (Fsp3) is 0.538. The van der Waals surface area contributed by atoms with Crippen LogP contribution in [0.25, 0.3) is 0 Å². The van der Waals surface area contributed by atoms with E-state index in [1.54, 1.807) is 0 Å². The summed E-state index contributed by atoms with van der Waals surface area (Å²) in [7, 11) is -0.967. The lowest BCUT2D eigenvalue weighted by Gasteiger charge is -2.18. The first kappa shape index (κ1) is 14.0. The Labute approximate surface area is 119 Å². The minimum atomic E-state index is -0.967. The molecule has 18 heavy (non-hydrogen) atoms. The highest BCUT2D eigenvalue weighted by Crippen LogP contribution is 2.33. The van der Waals surface area contributed by atoms with E-state index in [1.807, 2.05) is 19.9 Å². The van der Waals surface area contributed by atoms with Crippen LogP contribution in [0.1, 0.15) is 25.0 Å². The van der Waals surface area contributed by atoms with Crippen molar-refractivity contribution >= 4 is 26.7 Å². The fourth-order valence-electron chi connectivity index (χ4n) is 2.09. The fourth-order valence-corrected chi connectivity index (χ4v) is 4.14. The summed E-state index contributed by atoms with van der Waals surface area (Å²) in [5.41, 5.74) is 7.71. The van der Waals surface area contributed by atoms with Crippen molar-refractivity contribution in [3.05, 3.63) is 27.7 Å². The molecule has 2 rings (SSSR count). The quantitative estimate of drug-likeness (QED) is 0.921. The van der Waals surface area contributed by atoms with Crippen molar-refractivity contribution in [2.75, 3.05) is 12.4 Å². The summed E-state index contributed by atoms with van der Waals surface area (Å²) >= 11 is 3.49. The van der Waals surface area contributed by atoms with Gasteiger partial charge < -0.3 is 10.5 Å². The number of benzene rings is 1. The zero-order chi connectivity index (χ0) is 13.3. The smallest absolute Gasteiger partial charge is 0.126 e. The first-order valence-electron chi connectivity index (χ1n) is 5.93. The molecule has 0 aliphatic carbocycles. The van der Waals surface area contributed by atoms with Gasteiger partial charge in [-0.2, -0.15) is 0 Å². The van der Waals surface area contributed by atoms with E-state index in [-0.39, 0.29) is 0 Å². The third kappa shape index (κ3) is 3.56. The molecule has 5 heteroatoms. The second kappa shape index (κ2) is 5.31. The average Bonchev–Trinajstić information content (AvgIpc) is 2.61. The van der Waals surface area contributed by atoms with Crippen molar-refractivity contribution in [2.45, 2.75) is 31.6 Å². The van der Waals surface area contributed by atoms with E-state index >= 15 is 0 Å². The molecular weight excluding hydrogens is 314 g/mol. The van der Waals surface area contributed by atoms with Gasteiger partial charge in [0.05, 0.1) is 12.4 Å². The Morgan fingerprint density at radius 1 is 1.50 bits per heavy atom. The lowest BCUT2D eigenvalue weighted by atomic mass is 10.1. The van der Waals surface area contributed by atoms with Gasteiger partial charge >= 0.3 is 0 Å². The molecule has 1 heterocycles. The molecule has 1 aliphatic rings. The SMILES string of the molecule is CC(C)(N)CS(=O)Cc1cc(Br)cc2c1OCC2. The van der Waals surface area contributed by atoms with Gasteiger partial charge in [0.25, 0.3) is 0 Å². The molecular formula is C13H18BrNO2S. The van der Waals surface area contributed by atoms with Gasteiger partial charge in [0.1, 0.15) is 5.75 Å². The molecule has 0 saturated heterocycles. The molecule has 3 nitrogen and oxygen atoms in total. The summed E-state index contributed by atoms with van der Waals surface area (Å²) in [5, 5.41) is 0. The Bertz CT molecular complexity index is 483. The predicted molar refractivity (Wildman–Crippen MR) is 78.3 cm³/mol. The highest BCUT2D eigenvalue weighted by atomic mass is 79.9. The van der Waals surface area contributed by atoms with E-state index in [0.29, 0.717) is 18.1 Å². The third-order valence-corrected chi connectivity index (χ3v) is 4.83. The van der Waals surface area contributed by atoms with Crippen molar-refractivity contribution in [2.24, 2.45) is 5.73 Å². The molecule has 0 amide bonds. The summed E-state index contributed by atoms with van der Waals surface area (Å²) in [4.78, 5) is 0. The van der Waals surface area contributed by atoms with Gasteiger partial charge in [-0.25, -0.2) is 0 Å². The summed E-state index contributed by atoms with van der Waals surface area (Å²) in [5.74, 6) is 1.91. The largest absolute Gasteiger partial charge is 0.493 e. The number of fused-ring (bicyclic) bond motifs is 1. The number of rotatable bonds is 4. The first-order chi connectivity index (χ1) is 8.35. The van der Waals surface area contributed by atoms with Crippen molar-refractivity contribution in [1.29, 1.82) is 0 Å². The minimum Gasteiger partial charge on any atom is -0.493 e. The van der Waals surface area contributed by atoms with Gasteiger partial charge in [-0.05, 0) is 31.5 Å². The second-order valence-electron chi connectivity index (χ2n) is 5.37. The topological polar surface area (TPSA) is 52.3 Å². The van der Waals surface area contributed by atoms with Crippen LogP contribution in [-0.4, -0.2) is 22.1 Å². The molecule has 0 radical (unpaired) electrons. The average molecular weight is 332 g/mol. The number of ether oxygens (including phenoxy) is 1. The molecule has 0 bridgehead atoms. The predicted octanol–water partition coefficient (Wildman–Crippen LogP) is 2.37. The van der Waals surface area contributed by atoms with Crippen molar-refractivity contribution in [3.63, 3.8) is 0 Å². The van der Waals surface area contributed by atoms with E-state index in [0.717, 1.165) is 22.2 Å². The Kier molecular flexibility index (Phi) is 4.14. The number of hydrogen-bond donors (Lipinski definition) is 1. The summed E-state index contributed by atoms with van der Waals surface area (Å²) < 4.78 is 18.7. The highest BCUT2D eigenvalue weighted by molar-refractivity contribution is 9.10. The van der Waals surface area contributed by atoms with Gasteiger partial charge in [0.2, 0.25) is 0 Å². The molecule has 1 aromatic carbocycles. The van der Waals surface area contributed by atoms with Crippen LogP contribution in [0.15, 0.2) is 16.6 Å². The normalized spacial score (nSPS) is 16.2. The van der Waals surface area contributed by atoms with Gasteiger partial charge in [-0.3, -0.25) is 4.21 Å². The van der Waals surface area contributed by atoms with Gasteiger partial charge in [-0.15, -0.1) is 0 Å². The van der Waals surface area contributed by atoms with Crippen molar-refractivity contribution in [3.8, 4) is 5.75 Å². The lowest BCUT2D eigenvalue weighted by Crippen LogP contribution is -2.38. The minimum absolute atomic E-state index is 0.402. The van der Waals surface area contributed by atoms with Gasteiger partial charge in [-0.1, -0.05) is 15.9 Å². The summed E-state index contributed by atoms with van der Waals surface area (Å²) in [6.07, 6.45) is 0.927. The Morgan fingerprint density at radius 3 is 2.89 bits per heavy atom. The highest BCUT2D eigenvalue weighted by Gasteiger charge is 2.21. The van der Waals surface area contributed by atoms with Gasteiger partial charge in [0, 0.05) is 38.5 Å². The van der Waals surface area contributed by atoms with Crippen molar-refractivity contribution in [1.82, 2.24) is 0 Å². The summed E-state index contributed by atoms with van der Waals surface area (Å²) in [6, 6.07) is 4.06. The molecule has 1 unspecified atom stereocenters. The molecule has 0 spiro atoms. The maximum atomic E-state index is 12.1. The zero-order valence-electron chi connectivity index (χ0n) is 10.7. The Hall–Kier alpha value is -0.390. The van der Waals surface area contributed by atoms with Crippen LogP contribution in [0.4, 0.5) is 0 Å². The molecule has 1 aromatic rings.